The lowest BCUT2D eigenvalue weighted by Gasteiger charge is -2.30. The number of hydrogen-bond donors (Lipinski definition) is 3. The second-order valence-corrected chi connectivity index (χ2v) is 13.3. The number of aryl methyl sites for hydroxylation is 2. The van der Waals surface area contributed by atoms with Crippen molar-refractivity contribution in [1.29, 1.82) is 0 Å². The van der Waals surface area contributed by atoms with Crippen molar-refractivity contribution in [2.45, 2.75) is 122 Å². The fraction of sp³-hybridized carbons (Fsp3) is 0.533. The van der Waals surface area contributed by atoms with Gasteiger partial charge in [-0.25, -0.2) is 4.79 Å². The summed E-state index contributed by atoms with van der Waals surface area (Å²) in [7, 11) is 0. The number of ether oxygens (including phenoxy) is 2. The number of rotatable bonds is 19. The molecule has 3 rings (SSSR count). The predicted molar refractivity (Wildman–Crippen MR) is 232 cm³/mol. The maximum Gasteiger partial charge on any atom is 0.323 e. The van der Waals surface area contributed by atoms with Crippen LogP contribution in [0.15, 0.2) is 72.8 Å². The maximum atomic E-state index is 12.9. The summed E-state index contributed by atoms with van der Waals surface area (Å²) in [6.07, 6.45) is 0.682. The first-order valence-corrected chi connectivity index (χ1v) is 20.2. The molecule has 11 nitrogen and oxygen atoms in total. The Hall–Kier alpha value is -4.45. The quantitative estimate of drug-likeness (QED) is 0.0358. The maximum absolute atomic E-state index is 12.9. The number of benzene rings is 3. The summed E-state index contributed by atoms with van der Waals surface area (Å²) in [5.74, 6) is 0.874. The van der Waals surface area contributed by atoms with Crippen LogP contribution in [0.5, 0.6) is 0 Å². The van der Waals surface area contributed by atoms with Gasteiger partial charge < -0.3 is 25.0 Å². The van der Waals surface area contributed by atoms with Gasteiger partial charge in [0.25, 0.3) is 6.47 Å². The molecule has 0 radical (unpaired) electrons. The molecule has 3 aromatic rings. The van der Waals surface area contributed by atoms with E-state index in [9.17, 15) is 14.4 Å². The third kappa shape index (κ3) is 25.6. The molecule has 1 unspecified atom stereocenters. The van der Waals surface area contributed by atoms with Crippen molar-refractivity contribution in [1.82, 2.24) is 5.64 Å². The Bertz CT molecular complexity index is 1410. The van der Waals surface area contributed by atoms with Crippen LogP contribution >= 0.6 is 0 Å². The van der Waals surface area contributed by atoms with E-state index in [0.717, 1.165) is 35.5 Å². The lowest BCUT2D eigenvalue weighted by atomic mass is 10.1. The Morgan fingerprint density at radius 2 is 1.34 bits per heavy atom. The molecule has 0 saturated carbocycles. The van der Waals surface area contributed by atoms with Gasteiger partial charge >= 0.3 is 12.0 Å². The van der Waals surface area contributed by atoms with E-state index in [1.807, 2.05) is 128 Å². The van der Waals surface area contributed by atoms with Gasteiger partial charge in [0.05, 0.1) is 24.1 Å². The summed E-state index contributed by atoms with van der Waals surface area (Å²) in [4.78, 5) is 47.6. The van der Waals surface area contributed by atoms with Gasteiger partial charge in [-0.3, -0.25) is 19.3 Å². The molecule has 0 bridgehead atoms. The third-order valence-corrected chi connectivity index (χ3v) is 7.42. The summed E-state index contributed by atoms with van der Waals surface area (Å²) in [5, 5.41) is 5.88. The van der Waals surface area contributed by atoms with Crippen LogP contribution in [0, 0.1) is 24.7 Å². The zero-order chi connectivity index (χ0) is 42.9. The van der Waals surface area contributed by atoms with Gasteiger partial charge in [-0.15, -0.1) is 0 Å². The average Bonchev–Trinajstić information content (AvgIpc) is 3.19. The topological polar surface area (TPSA) is 127 Å². The van der Waals surface area contributed by atoms with E-state index in [-0.39, 0.29) is 25.0 Å². The molecule has 56 heavy (non-hydrogen) atoms. The minimum atomic E-state index is -0.469. The number of carbonyl (C=O) groups is 3. The molecular formula is C45H74N4O7. The van der Waals surface area contributed by atoms with Gasteiger partial charge in [0.2, 0.25) is 6.79 Å². The molecule has 0 fully saturated rings. The molecule has 316 valence electrons. The molecule has 0 heterocycles. The Labute approximate surface area is 339 Å². The molecule has 0 aromatic heterocycles. The molecule has 2 amide bonds. The molecule has 1 atom stereocenters. The highest BCUT2D eigenvalue weighted by Crippen LogP contribution is 2.30. The summed E-state index contributed by atoms with van der Waals surface area (Å²) >= 11 is 0. The highest BCUT2D eigenvalue weighted by molar-refractivity contribution is 6.02. The van der Waals surface area contributed by atoms with Gasteiger partial charge in [-0.05, 0) is 73.4 Å². The highest BCUT2D eigenvalue weighted by atomic mass is 16.9. The molecule has 0 aliphatic heterocycles. The van der Waals surface area contributed by atoms with Crippen molar-refractivity contribution in [2.24, 2.45) is 17.8 Å². The van der Waals surface area contributed by atoms with Crippen LogP contribution in [0.3, 0.4) is 0 Å². The van der Waals surface area contributed by atoms with Gasteiger partial charge in [-0.2, -0.15) is 0 Å². The minimum Gasteiger partial charge on any atom is -0.430 e. The summed E-state index contributed by atoms with van der Waals surface area (Å²) in [6.45, 7) is 30.9. The van der Waals surface area contributed by atoms with Crippen LogP contribution in [-0.2, 0) is 41.8 Å². The van der Waals surface area contributed by atoms with E-state index in [0.29, 0.717) is 42.2 Å². The molecule has 3 N–H and O–H groups in total. The molecule has 11 heteroatoms. The van der Waals surface area contributed by atoms with Crippen molar-refractivity contribution >= 4 is 35.5 Å². The highest BCUT2D eigenvalue weighted by Gasteiger charge is 2.17. The zero-order valence-corrected chi connectivity index (χ0v) is 36.9. The standard InChI is InChI=1S/C27H37N3O5.C12H19NO2.3C2H6/c1-19(2)15-30(16-20(3)4)25-12-8-22(9-13-26(32)35-18-34-17-31)14-24(25)29-27(33)28-23-10-6-21(5)7-11-23;1-10(2)11(3)15-13-14-9-12-7-5-4-6-8-12;3*1-2/h6-8,10-12,14,17,19-20H,9,13,15-16,18H2,1-5H3,(H2,28,29,33);4-8,10-11,13H,9H2,1-3H3;3*1-2H3. The van der Waals surface area contributed by atoms with E-state index in [1.54, 1.807) is 0 Å². The summed E-state index contributed by atoms with van der Waals surface area (Å²) in [6, 6.07) is 23.1. The van der Waals surface area contributed by atoms with Crippen LogP contribution in [-0.4, -0.2) is 44.5 Å². The smallest absolute Gasteiger partial charge is 0.323 e. The van der Waals surface area contributed by atoms with Crippen molar-refractivity contribution in [3.63, 3.8) is 0 Å². The second-order valence-electron chi connectivity index (χ2n) is 13.3. The second kappa shape index (κ2) is 33.9. The minimum absolute atomic E-state index is 0.123. The number of nitrogens with zero attached hydrogens (tertiary/aromatic N) is 1. The lowest BCUT2D eigenvalue weighted by Crippen LogP contribution is -2.32. The predicted octanol–water partition coefficient (Wildman–Crippen LogP) is 11.1. The Morgan fingerprint density at radius 1 is 0.750 bits per heavy atom. The van der Waals surface area contributed by atoms with Crippen molar-refractivity contribution in [2.75, 3.05) is 35.4 Å². The fourth-order valence-electron chi connectivity index (χ4n) is 4.57. The Kier molecular flexibility index (Phi) is 32.4. The number of anilines is 3. The van der Waals surface area contributed by atoms with E-state index in [4.69, 9.17) is 14.4 Å². The van der Waals surface area contributed by atoms with Crippen LogP contribution in [0.25, 0.3) is 0 Å². The number of amides is 2. The van der Waals surface area contributed by atoms with Crippen molar-refractivity contribution in [3.05, 3.63) is 89.5 Å². The third-order valence-electron chi connectivity index (χ3n) is 7.42. The first-order chi connectivity index (χ1) is 26.9. The van der Waals surface area contributed by atoms with Gasteiger partial charge in [-0.1, -0.05) is 143 Å². The number of carbonyl (C=O) groups excluding carboxylic acids is 3. The first kappa shape index (κ1) is 53.7. The molecular weight excluding hydrogens is 709 g/mol. The lowest BCUT2D eigenvalue weighted by molar-refractivity contribution is -0.208. The molecule has 0 saturated heterocycles. The van der Waals surface area contributed by atoms with Crippen LogP contribution < -0.4 is 21.2 Å². The van der Waals surface area contributed by atoms with Crippen LogP contribution in [0.4, 0.5) is 21.9 Å². The summed E-state index contributed by atoms with van der Waals surface area (Å²) < 4.78 is 9.24. The van der Waals surface area contributed by atoms with Crippen LogP contribution in [0.2, 0.25) is 0 Å². The van der Waals surface area contributed by atoms with Gasteiger partial charge in [0.15, 0.2) is 0 Å². The molecule has 0 spiro atoms. The van der Waals surface area contributed by atoms with Crippen molar-refractivity contribution in [3.8, 4) is 0 Å². The molecule has 3 aromatic carbocycles. The van der Waals surface area contributed by atoms with Crippen molar-refractivity contribution < 1.29 is 33.5 Å². The number of esters is 1. The fourth-order valence-corrected chi connectivity index (χ4v) is 4.57. The number of urea groups is 1. The SMILES string of the molecule is CC.CC.CC.CC(C)C(C)ONOCc1ccccc1.Cc1ccc(NC(=O)Nc2cc(CCC(=O)OCOC=O)ccc2N(CC(C)C)CC(C)C)cc1. The monoisotopic (exact) mass is 783 g/mol. The molecule has 0 aliphatic rings. The number of nitrogens with one attached hydrogen (secondary N) is 3. The van der Waals surface area contributed by atoms with Gasteiger partial charge in [0, 0.05) is 25.2 Å². The largest absolute Gasteiger partial charge is 0.430 e. The number of hydrogen-bond acceptors (Lipinski definition) is 9. The Morgan fingerprint density at radius 3 is 1.88 bits per heavy atom. The average molecular weight is 783 g/mol. The Balaban J connectivity index is 0. The van der Waals surface area contributed by atoms with Gasteiger partial charge in [0.1, 0.15) is 0 Å². The first-order valence-electron chi connectivity index (χ1n) is 20.2. The molecule has 0 aliphatic carbocycles. The van der Waals surface area contributed by atoms with E-state index >= 15 is 0 Å². The van der Waals surface area contributed by atoms with E-state index in [2.05, 4.69) is 67.5 Å². The van der Waals surface area contributed by atoms with E-state index in [1.165, 1.54) is 0 Å². The normalized spacial score (nSPS) is 10.5. The zero-order valence-electron chi connectivity index (χ0n) is 36.9. The van der Waals surface area contributed by atoms with E-state index < -0.39 is 12.8 Å². The van der Waals surface area contributed by atoms with Crippen LogP contribution in [0.1, 0.15) is 113 Å². The summed E-state index contributed by atoms with van der Waals surface area (Å²) in [5.41, 5.74) is 7.92.